The summed E-state index contributed by atoms with van der Waals surface area (Å²) in [7, 11) is -4.12. The fraction of sp³-hybridized carbons (Fsp3) is 0.368. The molecule has 2 N–H and O–H groups in total. The number of aromatic nitrogens is 1. The molecular weight excluding hydrogens is 437 g/mol. The Morgan fingerprint density at radius 1 is 1.47 bits per heavy atom. The molecule has 0 unspecified atom stereocenters. The Morgan fingerprint density at radius 3 is 2.77 bits per heavy atom. The number of aliphatic hydroxyl groups excluding tert-OH is 1. The number of pyridine rings is 1. The van der Waals surface area contributed by atoms with Crippen molar-refractivity contribution in [3.05, 3.63) is 52.9 Å². The second-order valence-corrected chi connectivity index (χ2v) is 9.21. The Labute approximate surface area is 178 Å². The summed E-state index contributed by atoms with van der Waals surface area (Å²) in [4.78, 5) is 3.82. The highest BCUT2D eigenvalue weighted by Crippen LogP contribution is 2.34. The summed E-state index contributed by atoms with van der Waals surface area (Å²) < 4.78 is 46.5. The molecule has 1 aliphatic rings. The van der Waals surface area contributed by atoms with E-state index in [4.69, 9.17) is 21.6 Å². The van der Waals surface area contributed by atoms with Crippen LogP contribution < -0.4 is 4.74 Å². The summed E-state index contributed by atoms with van der Waals surface area (Å²) in [6, 6.07) is 7.80. The minimum absolute atomic E-state index is 0.0120. The first-order valence-corrected chi connectivity index (χ1v) is 10.8. The molecule has 0 spiro atoms. The first-order valence-electron chi connectivity index (χ1n) is 9.00. The first-order chi connectivity index (χ1) is 14.1. The monoisotopic (exact) mass is 455 g/mol. The summed E-state index contributed by atoms with van der Waals surface area (Å²) in [6.07, 6.45) is -1.18. The van der Waals surface area contributed by atoms with Crippen LogP contribution in [0.2, 0.25) is 5.02 Å². The molecule has 1 aliphatic heterocycles. The van der Waals surface area contributed by atoms with Crippen molar-refractivity contribution in [2.24, 2.45) is 0 Å². The third kappa shape index (κ3) is 4.12. The maximum absolute atomic E-state index is 13.9. The van der Waals surface area contributed by atoms with Gasteiger partial charge in [0.15, 0.2) is 5.03 Å². The van der Waals surface area contributed by atoms with E-state index in [-0.39, 0.29) is 34.3 Å². The van der Waals surface area contributed by atoms with Gasteiger partial charge in [0.25, 0.3) is 10.0 Å². The summed E-state index contributed by atoms with van der Waals surface area (Å²) in [6.45, 7) is 0.874. The second kappa shape index (κ2) is 8.45. The van der Waals surface area contributed by atoms with E-state index >= 15 is 0 Å². The highest BCUT2D eigenvalue weighted by atomic mass is 35.5. The van der Waals surface area contributed by atoms with Crippen molar-refractivity contribution in [2.75, 3.05) is 13.1 Å². The van der Waals surface area contributed by atoms with E-state index in [2.05, 4.69) is 4.98 Å². The highest BCUT2D eigenvalue weighted by molar-refractivity contribution is 7.89. The zero-order chi connectivity index (χ0) is 22.1. The third-order valence-corrected chi connectivity index (χ3v) is 6.92. The van der Waals surface area contributed by atoms with Gasteiger partial charge in [-0.15, -0.1) is 0 Å². The van der Waals surface area contributed by atoms with Gasteiger partial charge in [0, 0.05) is 18.8 Å². The van der Waals surface area contributed by atoms with Gasteiger partial charge in [0.05, 0.1) is 23.2 Å². The van der Waals surface area contributed by atoms with Crippen molar-refractivity contribution in [3.63, 3.8) is 0 Å². The van der Waals surface area contributed by atoms with E-state index in [0.717, 1.165) is 10.4 Å². The quantitative estimate of drug-likeness (QED) is 0.679. The number of rotatable bonds is 6. The SMILES string of the molecule is CC[C@@H](O)[C@]1(O)CN(S(=O)(=O)c2ccc(Cl)cn2)C[C@@H]1Oc1ccc(C#N)c(F)c1. The van der Waals surface area contributed by atoms with E-state index in [1.807, 2.05) is 0 Å². The fourth-order valence-electron chi connectivity index (χ4n) is 3.26. The molecule has 1 aromatic heterocycles. The molecule has 0 amide bonds. The molecule has 1 saturated heterocycles. The van der Waals surface area contributed by atoms with Crippen LogP contribution in [0.15, 0.2) is 41.6 Å². The van der Waals surface area contributed by atoms with Crippen molar-refractivity contribution in [1.82, 2.24) is 9.29 Å². The number of sulfonamides is 1. The minimum atomic E-state index is -4.12. The number of aliphatic hydroxyl groups is 2. The molecule has 11 heteroatoms. The average molecular weight is 456 g/mol. The third-order valence-electron chi connectivity index (χ3n) is 4.96. The Morgan fingerprint density at radius 2 is 2.20 bits per heavy atom. The van der Waals surface area contributed by atoms with Gasteiger partial charge >= 0.3 is 0 Å². The zero-order valence-corrected chi connectivity index (χ0v) is 17.4. The van der Waals surface area contributed by atoms with Gasteiger partial charge in [-0.3, -0.25) is 0 Å². The van der Waals surface area contributed by atoms with Gasteiger partial charge in [-0.2, -0.15) is 9.57 Å². The van der Waals surface area contributed by atoms with Crippen molar-refractivity contribution < 1.29 is 27.8 Å². The zero-order valence-electron chi connectivity index (χ0n) is 15.9. The maximum atomic E-state index is 13.9. The molecule has 8 nitrogen and oxygen atoms in total. The van der Waals surface area contributed by atoms with Crippen molar-refractivity contribution in [2.45, 2.75) is 36.2 Å². The van der Waals surface area contributed by atoms with Crippen LogP contribution in [0.25, 0.3) is 0 Å². The van der Waals surface area contributed by atoms with Gasteiger partial charge in [-0.1, -0.05) is 18.5 Å². The van der Waals surface area contributed by atoms with Crippen LogP contribution in [0.1, 0.15) is 18.9 Å². The summed E-state index contributed by atoms with van der Waals surface area (Å²) >= 11 is 5.76. The van der Waals surface area contributed by atoms with Gasteiger partial charge in [-0.05, 0) is 30.7 Å². The number of halogens is 2. The average Bonchev–Trinajstić information content (AvgIpc) is 3.06. The van der Waals surface area contributed by atoms with Gasteiger partial charge in [0.1, 0.15) is 29.3 Å². The number of nitrogens with zero attached hydrogens (tertiary/aromatic N) is 3. The predicted molar refractivity (Wildman–Crippen MR) is 105 cm³/mol. The lowest BCUT2D eigenvalue weighted by Crippen LogP contribution is -2.54. The lowest BCUT2D eigenvalue weighted by atomic mass is 9.91. The van der Waals surface area contributed by atoms with E-state index < -0.39 is 40.2 Å². The normalized spacial score (nSPS) is 23.1. The van der Waals surface area contributed by atoms with Crippen LogP contribution in [0.4, 0.5) is 4.39 Å². The van der Waals surface area contributed by atoms with Crippen LogP contribution in [0, 0.1) is 17.1 Å². The van der Waals surface area contributed by atoms with Crippen molar-refractivity contribution >= 4 is 21.6 Å². The highest BCUT2D eigenvalue weighted by Gasteiger charge is 2.54. The standard InChI is InChI=1S/C19H19ClFN3O5S/c1-2-16(25)19(26)11-24(30(27,28)18-6-4-13(20)9-23-18)10-17(19)29-14-5-3-12(8-22)15(21)7-14/h3-7,9,16-17,25-26H,2,10-11H2,1H3/t16-,17+,19-/m1/s1. The smallest absolute Gasteiger partial charge is 0.260 e. The summed E-state index contributed by atoms with van der Waals surface area (Å²) in [5.74, 6) is -0.829. The lowest BCUT2D eigenvalue weighted by molar-refractivity contribution is -0.112. The number of hydrogen-bond acceptors (Lipinski definition) is 7. The number of β-amino-alcohol motifs (C(OH)–C–C–N with tert-alkyl or cyclic N) is 1. The van der Waals surface area contributed by atoms with Crippen LogP contribution in [-0.2, 0) is 10.0 Å². The largest absolute Gasteiger partial charge is 0.486 e. The Bertz CT molecular complexity index is 1080. The molecule has 2 aromatic rings. The first kappa shape index (κ1) is 22.4. The Kier molecular flexibility index (Phi) is 6.31. The van der Waals surface area contributed by atoms with E-state index in [9.17, 15) is 23.0 Å². The lowest BCUT2D eigenvalue weighted by Gasteiger charge is -2.33. The number of ether oxygens (including phenoxy) is 1. The molecule has 3 atom stereocenters. The second-order valence-electron chi connectivity index (χ2n) is 6.89. The molecule has 0 saturated carbocycles. The fourth-order valence-corrected chi connectivity index (χ4v) is 4.77. The molecule has 0 bridgehead atoms. The van der Waals surface area contributed by atoms with Crippen LogP contribution in [0.3, 0.4) is 0 Å². The molecule has 1 aromatic carbocycles. The molecule has 0 aliphatic carbocycles. The summed E-state index contributed by atoms with van der Waals surface area (Å²) in [5.41, 5.74) is -2.13. The van der Waals surface area contributed by atoms with Crippen LogP contribution in [-0.4, -0.2) is 58.8 Å². The van der Waals surface area contributed by atoms with Gasteiger partial charge in [0.2, 0.25) is 0 Å². The maximum Gasteiger partial charge on any atom is 0.260 e. The van der Waals surface area contributed by atoms with Crippen molar-refractivity contribution in [3.8, 4) is 11.8 Å². The molecular formula is C19H19ClFN3O5S. The Hall–Kier alpha value is -2.29. The number of nitriles is 1. The Balaban J connectivity index is 1.93. The minimum Gasteiger partial charge on any atom is -0.486 e. The molecule has 3 rings (SSSR count). The summed E-state index contributed by atoms with van der Waals surface area (Å²) in [5, 5.41) is 30.3. The van der Waals surface area contributed by atoms with Crippen LogP contribution in [0.5, 0.6) is 5.75 Å². The van der Waals surface area contributed by atoms with E-state index in [0.29, 0.717) is 0 Å². The van der Waals surface area contributed by atoms with Crippen molar-refractivity contribution in [1.29, 1.82) is 5.26 Å². The van der Waals surface area contributed by atoms with E-state index in [1.165, 1.54) is 30.5 Å². The number of hydrogen-bond donors (Lipinski definition) is 2. The molecule has 2 heterocycles. The molecule has 1 fully saturated rings. The molecule has 30 heavy (non-hydrogen) atoms. The molecule has 0 radical (unpaired) electrons. The van der Waals surface area contributed by atoms with Gasteiger partial charge in [-0.25, -0.2) is 17.8 Å². The topological polar surface area (TPSA) is 124 Å². The van der Waals surface area contributed by atoms with Gasteiger partial charge < -0.3 is 14.9 Å². The predicted octanol–water partition coefficient (Wildman–Crippen LogP) is 1.70. The number of benzene rings is 1. The van der Waals surface area contributed by atoms with Crippen LogP contribution >= 0.6 is 11.6 Å². The van der Waals surface area contributed by atoms with E-state index in [1.54, 1.807) is 13.0 Å². The molecule has 160 valence electrons.